The summed E-state index contributed by atoms with van der Waals surface area (Å²) < 4.78 is 34.8. The van der Waals surface area contributed by atoms with Gasteiger partial charge >= 0.3 is 5.97 Å². The van der Waals surface area contributed by atoms with Crippen LogP contribution in [0.2, 0.25) is 0 Å². The molecule has 0 aliphatic carbocycles. The Morgan fingerprint density at radius 2 is 2.00 bits per heavy atom. The first-order valence-corrected chi connectivity index (χ1v) is 10.1. The smallest absolute Gasteiger partial charge is 0.361 e. The number of carbonyl (C=O) groups excluding carboxylic acids is 1. The van der Waals surface area contributed by atoms with E-state index in [0.717, 1.165) is 0 Å². The molecule has 8 nitrogen and oxygen atoms in total. The van der Waals surface area contributed by atoms with Crippen LogP contribution in [0.5, 0.6) is 0 Å². The Balaban J connectivity index is 1.45. The molecular weight excluding hydrogens is 430 g/mol. The number of esters is 1. The number of halogens is 2. The van der Waals surface area contributed by atoms with E-state index >= 15 is 0 Å². The predicted octanol–water partition coefficient (Wildman–Crippen LogP) is 3.70. The van der Waals surface area contributed by atoms with Gasteiger partial charge in [-0.25, -0.2) is 18.3 Å². The molecule has 0 saturated carbocycles. The highest BCUT2D eigenvalue weighted by atomic mass is 19.1. The highest BCUT2D eigenvalue weighted by Gasteiger charge is 2.21. The number of hydrogen-bond donors (Lipinski definition) is 1. The summed E-state index contributed by atoms with van der Waals surface area (Å²) >= 11 is 0. The Morgan fingerprint density at radius 1 is 1.21 bits per heavy atom. The third kappa shape index (κ3) is 5.38. The topological polar surface area (TPSA) is 98.6 Å². The zero-order chi connectivity index (χ0) is 23.6. The number of nitrogens with zero attached hydrogens (tertiary/aromatic N) is 5. The number of benzene rings is 1. The molecule has 10 heteroatoms. The summed E-state index contributed by atoms with van der Waals surface area (Å²) in [5.74, 6) is 4.08. The zero-order valence-electron chi connectivity index (χ0n) is 18.1. The molecule has 0 aliphatic rings. The second-order valence-electron chi connectivity index (χ2n) is 8.26. The standard InChI is InChI=1S/C23H20F2N6O2/c1-23(2,3)33-22(32)20-13-31(30-28-20)12-15(24)8-9-16-10-14-11-19(26-21(14)29-27-16)17-6-4-5-7-18(17)25/h4-7,10-11,13,15H,12H2,1-3H3,(H,26,29). The van der Waals surface area contributed by atoms with Crippen LogP contribution in [0.15, 0.2) is 42.6 Å². The van der Waals surface area contributed by atoms with E-state index in [-0.39, 0.29) is 23.7 Å². The highest BCUT2D eigenvalue weighted by Crippen LogP contribution is 2.25. The molecule has 4 rings (SSSR count). The van der Waals surface area contributed by atoms with Crippen molar-refractivity contribution in [3.8, 4) is 23.1 Å². The summed E-state index contributed by atoms with van der Waals surface area (Å²) in [5.41, 5.74) is 1.00. The van der Waals surface area contributed by atoms with Gasteiger partial charge < -0.3 is 9.72 Å². The summed E-state index contributed by atoms with van der Waals surface area (Å²) in [4.78, 5) is 15.0. The number of nitrogens with one attached hydrogen (secondary N) is 1. The van der Waals surface area contributed by atoms with Crippen molar-refractivity contribution in [2.45, 2.75) is 39.1 Å². The fourth-order valence-corrected chi connectivity index (χ4v) is 2.99. The van der Waals surface area contributed by atoms with E-state index in [2.05, 4.69) is 37.3 Å². The summed E-state index contributed by atoms with van der Waals surface area (Å²) in [7, 11) is 0. The first-order chi connectivity index (χ1) is 15.7. The van der Waals surface area contributed by atoms with Gasteiger partial charge in [-0.05, 0) is 51.0 Å². The van der Waals surface area contributed by atoms with Crippen molar-refractivity contribution in [2.24, 2.45) is 0 Å². The van der Waals surface area contributed by atoms with Crippen LogP contribution in [0.25, 0.3) is 22.3 Å². The molecule has 33 heavy (non-hydrogen) atoms. The van der Waals surface area contributed by atoms with Gasteiger partial charge in [0.05, 0.1) is 18.4 Å². The normalized spacial score (nSPS) is 12.3. The predicted molar refractivity (Wildman–Crippen MR) is 116 cm³/mol. The monoisotopic (exact) mass is 450 g/mol. The molecule has 0 radical (unpaired) electrons. The van der Waals surface area contributed by atoms with E-state index in [1.54, 1.807) is 51.1 Å². The Kier molecular flexibility index (Phi) is 5.87. The lowest BCUT2D eigenvalue weighted by Crippen LogP contribution is -2.24. The number of aromatic amines is 1. The Morgan fingerprint density at radius 3 is 2.76 bits per heavy atom. The summed E-state index contributed by atoms with van der Waals surface area (Å²) in [5, 5.41) is 16.1. The molecule has 1 atom stereocenters. The van der Waals surface area contributed by atoms with Crippen molar-refractivity contribution in [3.05, 3.63) is 59.8 Å². The van der Waals surface area contributed by atoms with Crippen LogP contribution in [0, 0.1) is 17.7 Å². The van der Waals surface area contributed by atoms with Crippen molar-refractivity contribution >= 4 is 17.0 Å². The molecule has 168 valence electrons. The first-order valence-electron chi connectivity index (χ1n) is 10.1. The number of alkyl halides is 1. The molecule has 4 aromatic rings. The molecule has 3 aromatic heterocycles. The van der Waals surface area contributed by atoms with Gasteiger partial charge in [-0.3, -0.25) is 0 Å². The highest BCUT2D eigenvalue weighted by molar-refractivity contribution is 5.87. The minimum absolute atomic E-state index is 0.0143. The fourth-order valence-electron chi connectivity index (χ4n) is 2.99. The van der Waals surface area contributed by atoms with Crippen LogP contribution in [0.1, 0.15) is 37.0 Å². The van der Waals surface area contributed by atoms with Crippen LogP contribution >= 0.6 is 0 Å². The summed E-state index contributed by atoms with van der Waals surface area (Å²) in [6.45, 7) is 4.98. The molecule has 0 fully saturated rings. The number of rotatable bonds is 4. The third-order valence-corrected chi connectivity index (χ3v) is 4.39. The lowest BCUT2D eigenvalue weighted by Gasteiger charge is -2.18. The number of aromatic nitrogens is 6. The van der Waals surface area contributed by atoms with E-state index < -0.39 is 17.7 Å². The lowest BCUT2D eigenvalue weighted by molar-refractivity contribution is 0.00626. The minimum atomic E-state index is -1.59. The molecule has 0 spiro atoms. The maximum atomic E-state index is 14.4. The first kappa shape index (κ1) is 22.1. The van der Waals surface area contributed by atoms with Crippen molar-refractivity contribution in [3.63, 3.8) is 0 Å². The van der Waals surface area contributed by atoms with Gasteiger partial charge in [0.25, 0.3) is 0 Å². The van der Waals surface area contributed by atoms with Gasteiger partial charge in [0.15, 0.2) is 17.5 Å². The molecule has 1 aromatic carbocycles. The average Bonchev–Trinajstić information content (AvgIpc) is 3.38. The Bertz CT molecular complexity index is 1380. The quantitative estimate of drug-likeness (QED) is 0.376. The lowest BCUT2D eigenvalue weighted by atomic mass is 10.1. The zero-order valence-corrected chi connectivity index (χ0v) is 18.1. The third-order valence-electron chi connectivity index (χ3n) is 4.39. The number of fused-ring (bicyclic) bond motifs is 1. The van der Waals surface area contributed by atoms with Gasteiger partial charge in [0.2, 0.25) is 0 Å². The molecule has 0 bridgehead atoms. The van der Waals surface area contributed by atoms with Gasteiger partial charge in [-0.2, -0.15) is 0 Å². The minimum Gasteiger partial charge on any atom is -0.455 e. The Labute approximate surface area is 188 Å². The number of hydrogen-bond acceptors (Lipinski definition) is 6. The van der Waals surface area contributed by atoms with Gasteiger partial charge in [0.1, 0.15) is 17.1 Å². The molecule has 0 saturated heterocycles. The summed E-state index contributed by atoms with van der Waals surface area (Å²) in [6.07, 6.45) is -0.283. The van der Waals surface area contributed by atoms with Crippen LogP contribution in [-0.4, -0.2) is 47.9 Å². The largest absolute Gasteiger partial charge is 0.455 e. The van der Waals surface area contributed by atoms with E-state index in [1.165, 1.54) is 16.9 Å². The van der Waals surface area contributed by atoms with E-state index in [4.69, 9.17) is 4.74 Å². The molecular formula is C23H20F2N6O2. The van der Waals surface area contributed by atoms with Gasteiger partial charge in [-0.1, -0.05) is 23.3 Å². The van der Waals surface area contributed by atoms with Crippen molar-refractivity contribution in [2.75, 3.05) is 0 Å². The fraction of sp³-hybridized carbons (Fsp3) is 0.261. The van der Waals surface area contributed by atoms with Crippen LogP contribution in [0.3, 0.4) is 0 Å². The van der Waals surface area contributed by atoms with Crippen molar-refractivity contribution in [1.29, 1.82) is 0 Å². The molecule has 1 unspecified atom stereocenters. The van der Waals surface area contributed by atoms with E-state index in [1.807, 2.05) is 0 Å². The molecule has 0 amide bonds. The van der Waals surface area contributed by atoms with Gasteiger partial charge in [0, 0.05) is 10.9 Å². The SMILES string of the molecule is CC(C)(C)OC(=O)c1cn(CC(F)C#Cc2cc3cc(-c4ccccc4F)[nH]c3nn2)nn1. The Hall–Kier alpha value is -4.13. The van der Waals surface area contributed by atoms with E-state index in [0.29, 0.717) is 22.3 Å². The second kappa shape index (κ2) is 8.78. The van der Waals surface area contributed by atoms with Crippen LogP contribution in [-0.2, 0) is 11.3 Å². The number of H-pyrrole nitrogens is 1. The van der Waals surface area contributed by atoms with E-state index in [9.17, 15) is 13.6 Å². The van der Waals surface area contributed by atoms with Crippen LogP contribution in [0.4, 0.5) is 8.78 Å². The van der Waals surface area contributed by atoms with Crippen LogP contribution < -0.4 is 0 Å². The van der Waals surface area contributed by atoms with Crippen molar-refractivity contribution in [1.82, 2.24) is 30.2 Å². The second-order valence-corrected chi connectivity index (χ2v) is 8.26. The molecule has 3 heterocycles. The molecule has 1 N–H and O–H groups in total. The maximum absolute atomic E-state index is 14.4. The summed E-state index contributed by atoms with van der Waals surface area (Å²) in [6, 6.07) is 9.74. The number of ether oxygens (including phenoxy) is 1. The molecule has 0 aliphatic heterocycles. The average molecular weight is 450 g/mol. The van der Waals surface area contributed by atoms with Gasteiger partial charge in [-0.15, -0.1) is 15.3 Å². The van der Waals surface area contributed by atoms with Crippen molar-refractivity contribution < 1.29 is 18.3 Å². The maximum Gasteiger partial charge on any atom is 0.361 e. The number of carbonyl (C=O) groups is 1.